The fourth-order valence-electron chi connectivity index (χ4n) is 3.89. The van der Waals surface area contributed by atoms with Gasteiger partial charge in [0.25, 0.3) is 0 Å². The molecule has 0 aromatic carbocycles. The molecule has 2 atom stereocenters. The van der Waals surface area contributed by atoms with E-state index in [-0.39, 0.29) is 11.2 Å². The molecule has 7 nitrogen and oxygen atoms in total. The van der Waals surface area contributed by atoms with Gasteiger partial charge in [-0.25, -0.2) is 4.79 Å². The second-order valence-corrected chi connectivity index (χ2v) is 9.79. The molecular formula is C29H42N2O5. The zero-order chi connectivity index (χ0) is 27.3. The van der Waals surface area contributed by atoms with E-state index in [9.17, 15) is 14.4 Å². The van der Waals surface area contributed by atoms with Crippen LogP contribution in [0.15, 0.2) is 70.9 Å². The van der Waals surface area contributed by atoms with E-state index in [1.165, 1.54) is 0 Å². The van der Waals surface area contributed by atoms with Gasteiger partial charge in [-0.15, -0.1) is 0 Å². The number of ether oxygens (including phenoxy) is 1. The third-order valence-electron chi connectivity index (χ3n) is 6.05. The number of hydrogen-bond acceptors (Lipinski definition) is 5. The van der Waals surface area contributed by atoms with E-state index in [4.69, 9.17) is 15.6 Å². The Bertz CT molecular complexity index is 980. The van der Waals surface area contributed by atoms with Crippen LogP contribution in [0.2, 0.25) is 0 Å². The SMILES string of the molecule is C/C=C/C=C(C)/C=C/C=C(C)/C=C/C1=C(C)C(=O)C(OC(=O)NCCCCC(N)C(=O)O)CC1(C)C. The number of carbonyl (C=O) groups excluding carboxylic acids is 2. The lowest BCUT2D eigenvalue weighted by molar-refractivity contribution is -0.138. The third-order valence-corrected chi connectivity index (χ3v) is 6.05. The Kier molecular flexibility index (Phi) is 12.9. The zero-order valence-electron chi connectivity index (χ0n) is 22.5. The van der Waals surface area contributed by atoms with Crippen molar-refractivity contribution >= 4 is 17.8 Å². The standard InChI is InChI=1S/C29H42N2O5/c1-7-8-12-20(2)13-11-14-21(3)16-17-23-22(4)26(32)25(19-29(23,5)6)36-28(35)31-18-10-9-15-24(30)27(33)34/h7-8,11-14,16-17,24-25H,9-10,15,18-19,30H2,1-6H3,(H,31,35)(H,33,34)/b8-7+,13-11+,17-16+,20-12+,21-14+. The predicted molar refractivity (Wildman–Crippen MR) is 144 cm³/mol. The summed E-state index contributed by atoms with van der Waals surface area (Å²) in [6.07, 6.45) is 16.4. The van der Waals surface area contributed by atoms with Crippen LogP contribution in [0.5, 0.6) is 0 Å². The third kappa shape index (κ3) is 10.6. The van der Waals surface area contributed by atoms with E-state index in [1.807, 2.05) is 83.2 Å². The van der Waals surface area contributed by atoms with Gasteiger partial charge < -0.3 is 20.9 Å². The highest BCUT2D eigenvalue weighted by molar-refractivity contribution is 6.01. The highest BCUT2D eigenvalue weighted by atomic mass is 16.6. The number of carboxylic acids is 1. The number of rotatable bonds is 12. The molecule has 1 aliphatic rings. The zero-order valence-corrected chi connectivity index (χ0v) is 22.5. The Morgan fingerprint density at radius 3 is 2.44 bits per heavy atom. The minimum atomic E-state index is -1.04. The molecule has 4 N–H and O–H groups in total. The Labute approximate surface area is 215 Å². The molecule has 0 spiro atoms. The van der Waals surface area contributed by atoms with Gasteiger partial charge in [0, 0.05) is 13.0 Å². The van der Waals surface area contributed by atoms with E-state index in [2.05, 4.69) is 5.32 Å². The number of allylic oxidation sites excluding steroid dienone is 11. The van der Waals surface area contributed by atoms with Crippen molar-refractivity contribution in [1.82, 2.24) is 5.32 Å². The largest absolute Gasteiger partial charge is 0.480 e. The smallest absolute Gasteiger partial charge is 0.407 e. The number of carbonyl (C=O) groups is 3. The Balaban J connectivity index is 2.74. The van der Waals surface area contributed by atoms with Crippen LogP contribution in [0.4, 0.5) is 4.79 Å². The molecule has 0 fully saturated rings. The summed E-state index contributed by atoms with van der Waals surface area (Å²) in [4.78, 5) is 35.9. The molecule has 0 aliphatic heterocycles. The van der Waals surface area contributed by atoms with Crippen molar-refractivity contribution in [2.24, 2.45) is 11.1 Å². The van der Waals surface area contributed by atoms with E-state index in [0.29, 0.717) is 37.8 Å². The summed E-state index contributed by atoms with van der Waals surface area (Å²) in [5.41, 5.74) is 8.84. The van der Waals surface area contributed by atoms with E-state index in [1.54, 1.807) is 6.92 Å². The minimum Gasteiger partial charge on any atom is -0.480 e. The van der Waals surface area contributed by atoms with Crippen LogP contribution in [0.3, 0.4) is 0 Å². The van der Waals surface area contributed by atoms with Crippen LogP contribution in [0, 0.1) is 5.41 Å². The number of unbranched alkanes of at least 4 members (excludes halogenated alkanes) is 1. The van der Waals surface area contributed by atoms with Gasteiger partial charge in [0.1, 0.15) is 6.04 Å². The number of nitrogens with two attached hydrogens (primary N) is 1. The molecule has 36 heavy (non-hydrogen) atoms. The van der Waals surface area contributed by atoms with Crippen molar-refractivity contribution in [2.75, 3.05) is 6.54 Å². The number of aliphatic carboxylic acids is 1. The maximum absolute atomic E-state index is 12.9. The van der Waals surface area contributed by atoms with Gasteiger partial charge in [-0.1, -0.05) is 73.6 Å². The molecule has 0 saturated heterocycles. The van der Waals surface area contributed by atoms with Gasteiger partial charge in [0.2, 0.25) is 0 Å². The number of amides is 1. The average Bonchev–Trinajstić information content (AvgIpc) is 2.80. The van der Waals surface area contributed by atoms with Gasteiger partial charge in [-0.2, -0.15) is 0 Å². The summed E-state index contributed by atoms with van der Waals surface area (Å²) in [6, 6.07) is -0.901. The first-order valence-electron chi connectivity index (χ1n) is 12.4. The van der Waals surface area contributed by atoms with Crippen molar-refractivity contribution < 1.29 is 24.2 Å². The molecule has 0 radical (unpaired) electrons. The predicted octanol–water partition coefficient (Wildman–Crippen LogP) is 5.56. The fraction of sp³-hybridized carbons (Fsp3) is 0.483. The number of carboxylic acid groups (broad SMARTS) is 1. The monoisotopic (exact) mass is 498 g/mol. The van der Waals surface area contributed by atoms with Crippen LogP contribution in [-0.2, 0) is 14.3 Å². The summed E-state index contributed by atoms with van der Waals surface area (Å²) in [6.45, 7) is 12.2. The molecule has 1 amide bonds. The Morgan fingerprint density at radius 2 is 1.81 bits per heavy atom. The van der Waals surface area contributed by atoms with Gasteiger partial charge in [-0.3, -0.25) is 9.59 Å². The van der Waals surface area contributed by atoms with E-state index >= 15 is 0 Å². The summed E-state index contributed by atoms with van der Waals surface area (Å²) < 4.78 is 5.45. The van der Waals surface area contributed by atoms with E-state index in [0.717, 1.165) is 16.7 Å². The lowest BCUT2D eigenvalue weighted by Gasteiger charge is -2.36. The normalized spacial score (nSPS) is 20.0. The molecule has 198 valence electrons. The average molecular weight is 499 g/mol. The van der Waals surface area contributed by atoms with Crippen LogP contribution < -0.4 is 11.1 Å². The number of nitrogens with one attached hydrogen (secondary N) is 1. The van der Waals surface area contributed by atoms with Crippen molar-refractivity contribution in [3.8, 4) is 0 Å². The van der Waals surface area contributed by atoms with Crippen LogP contribution in [-0.4, -0.2) is 41.6 Å². The van der Waals surface area contributed by atoms with Gasteiger partial charge in [0.15, 0.2) is 11.9 Å². The Morgan fingerprint density at radius 1 is 1.17 bits per heavy atom. The molecule has 7 heteroatoms. The van der Waals surface area contributed by atoms with Crippen molar-refractivity contribution in [3.05, 3.63) is 70.9 Å². The number of hydrogen-bond donors (Lipinski definition) is 3. The van der Waals surface area contributed by atoms with Crippen LogP contribution >= 0.6 is 0 Å². The molecule has 0 heterocycles. The topological polar surface area (TPSA) is 119 Å². The maximum Gasteiger partial charge on any atom is 0.407 e. The summed E-state index contributed by atoms with van der Waals surface area (Å²) in [5, 5.41) is 11.4. The first-order valence-corrected chi connectivity index (χ1v) is 12.4. The number of alkyl carbamates (subject to hydrolysis) is 1. The quantitative estimate of drug-likeness (QED) is 0.239. The van der Waals surface area contributed by atoms with Gasteiger partial charge in [0.05, 0.1) is 0 Å². The number of Topliss-reactive ketones (excluding diaryl/α,β-unsaturated/α-hetero) is 1. The molecule has 0 aromatic heterocycles. The van der Waals surface area contributed by atoms with Crippen LogP contribution in [0.25, 0.3) is 0 Å². The second-order valence-electron chi connectivity index (χ2n) is 9.79. The van der Waals surface area contributed by atoms with E-state index < -0.39 is 24.2 Å². The fourth-order valence-corrected chi connectivity index (χ4v) is 3.89. The summed E-state index contributed by atoms with van der Waals surface area (Å²) >= 11 is 0. The lowest BCUT2D eigenvalue weighted by Crippen LogP contribution is -2.41. The van der Waals surface area contributed by atoms with Crippen LogP contribution in [0.1, 0.15) is 67.2 Å². The highest BCUT2D eigenvalue weighted by Gasteiger charge is 2.39. The minimum absolute atomic E-state index is 0.192. The van der Waals surface area contributed by atoms with Crippen molar-refractivity contribution in [2.45, 2.75) is 79.4 Å². The number of ketones is 1. The molecule has 0 aromatic rings. The molecular weight excluding hydrogens is 456 g/mol. The molecule has 0 bridgehead atoms. The highest BCUT2D eigenvalue weighted by Crippen LogP contribution is 2.40. The molecule has 2 unspecified atom stereocenters. The van der Waals surface area contributed by atoms with Gasteiger partial charge in [-0.05, 0) is 63.5 Å². The second kappa shape index (κ2) is 15.0. The summed E-state index contributed by atoms with van der Waals surface area (Å²) in [7, 11) is 0. The molecule has 1 aliphatic carbocycles. The maximum atomic E-state index is 12.9. The molecule has 1 rings (SSSR count). The molecule has 0 saturated carbocycles. The first kappa shape index (κ1) is 30.8. The van der Waals surface area contributed by atoms with Gasteiger partial charge >= 0.3 is 12.1 Å². The lowest BCUT2D eigenvalue weighted by atomic mass is 9.71. The van der Waals surface area contributed by atoms with Crippen molar-refractivity contribution in [3.63, 3.8) is 0 Å². The Hall–Kier alpha value is -3.19. The first-order chi connectivity index (χ1) is 16.9. The van der Waals surface area contributed by atoms with Crippen molar-refractivity contribution in [1.29, 1.82) is 0 Å². The summed E-state index contributed by atoms with van der Waals surface area (Å²) in [5.74, 6) is -1.23.